The Morgan fingerprint density at radius 2 is 1.88 bits per heavy atom. The minimum Gasteiger partial charge on any atom is -0.493 e. The predicted octanol–water partition coefficient (Wildman–Crippen LogP) is 2.13. The predicted molar refractivity (Wildman–Crippen MR) is 89.5 cm³/mol. The Kier molecular flexibility index (Phi) is 5.13. The smallest absolute Gasteiger partial charge is 0.258 e. The molecule has 0 unspecified atom stereocenters. The van der Waals surface area contributed by atoms with Crippen molar-refractivity contribution in [3.05, 3.63) is 42.0 Å². The number of fused-ring (bicyclic) bond motifs is 1. The Balaban J connectivity index is 1.53. The molecule has 132 valence electrons. The van der Waals surface area contributed by atoms with Crippen molar-refractivity contribution in [3.63, 3.8) is 0 Å². The molecule has 0 fully saturated rings. The summed E-state index contributed by atoms with van der Waals surface area (Å²) in [6, 6.07) is 10.8. The first kappa shape index (κ1) is 16.8. The zero-order valence-electron chi connectivity index (χ0n) is 14.0. The van der Waals surface area contributed by atoms with Crippen molar-refractivity contribution in [2.45, 2.75) is 6.54 Å². The van der Waals surface area contributed by atoms with Gasteiger partial charge in [0.1, 0.15) is 0 Å². The van der Waals surface area contributed by atoms with Gasteiger partial charge in [-0.15, -0.1) is 0 Å². The van der Waals surface area contributed by atoms with E-state index in [9.17, 15) is 4.79 Å². The van der Waals surface area contributed by atoms with E-state index in [1.54, 1.807) is 25.3 Å². The molecule has 0 saturated carbocycles. The Morgan fingerprint density at radius 1 is 1.08 bits per heavy atom. The van der Waals surface area contributed by atoms with E-state index in [4.69, 9.17) is 23.7 Å². The van der Waals surface area contributed by atoms with Crippen LogP contribution in [-0.2, 0) is 11.3 Å². The van der Waals surface area contributed by atoms with Gasteiger partial charge in [0.2, 0.25) is 12.5 Å². The first-order chi connectivity index (χ1) is 12.2. The Hall–Kier alpha value is -3.09. The molecule has 25 heavy (non-hydrogen) atoms. The van der Waals surface area contributed by atoms with Crippen LogP contribution >= 0.6 is 0 Å². The van der Waals surface area contributed by atoms with Gasteiger partial charge in [0.05, 0.1) is 14.2 Å². The number of ether oxygens (including phenoxy) is 5. The van der Waals surface area contributed by atoms with E-state index < -0.39 is 0 Å². The highest BCUT2D eigenvalue weighted by Crippen LogP contribution is 2.36. The summed E-state index contributed by atoms with van der Waals surface area (Å²) in [7, 11) is 3.06. The second-order valence-corrected chi connectivity index (χ2v) is 5.24. The van der Waals surface area contributed by atoms with E-state index in [0.29, 0.717) is 35.3 Å². The lowest BCUT2D eigenvalue weighted by molar-refractivity contribution is -0.123. The molecule has 1 aliphatic heterocycles. The number of carbonyl (C=O) groups excluding carboxylic acids is 1. The fourth-order valence-corrected chi connectivity index (χ4v) is 2.42. The summed E-state index contributed by atoms with van der Waals surface area (Å²) in [5.41, 5.74) is 0.913. The van der Waals surface area contributed by atoms with Crippen LogP contribution in [0.1, 0.15) is 5.56 Å². The van der Waals surface area contributed by atoms with Gasteiger partial charge < -0.3 is 29.0 Å². The number of benzene rings is 2. The molecule has 0 spiro atoms. The van der Waals surface area contributed by atoms with E-state index in [0.717, 1.165) is 5.56 Å². The summed E-state index contributed by atoms with van der Waals surface area (Å²) in [6.07, 6.45) is 0. The monoisotopic (exact) mass is 345 g/mol. The van der Waals surface area contributed by atoms with Gasteiger partial charge in [-0.05, 0) is 29.8 Å². The maximum atomic E-state index is 12.0. The molecule has 0 aliphatic carbocycles. The van der Waals surface area contributed by atoms with Crippen LogP contribution < -0.4 is 29.0 Å². The Bertz CT molecular complexity index is 761. The van der Waals surface area contributed by atoms with Crippen molar-refractivity contribution in [1.29, 1.82) is 0 Å². The van der Waals surface area contributed by atoms with Crippen LogP contribution in [0.2, 0.25) is 0 Å². The van der Waals surface area contributed by atoms with Crippen molar-refractivity contribution in [2.75, 3.05) is 27.6 Å². The topological polar surface area (TPSA) is 75.3 Å². The lowest BCUT2D eigenvalue weighted by Gasteiger charge is -2.13. The fourth-order valence-electron chi connectivity index (χ4n) is 2.42. The molecule has 1 aliphatic rings. The van der Waals surface area contributed by atoms with Gasteiger partial charge in [-0.25, -0.2) is 0 Å². The Labute approximate surface area is 145 Å². The van der Waals surface area contributed by atoms with Crippen LogP contribution in [0, 0.1) is 0 Å². The lowest BCUT2D eigenvalue weighted by atomic mass is 10.2. The quantitative estimate of drug-likeness (QED) is 0.829. The third-order valence-corrected chi connectivity index (χ3v) is 3.65. The minimum absolute atomic E-state index is 0.131. The minimum atomic E-state index is -0.248. The van der Waals surface area contributed by atoms with E-state index in [1.165, 1.54) is 7.11 Å². The molecule has 2 aromatic rings. The van der Waals surface area contributed by atoms with Crippen LogP contribution in [0.5, 0.6) is 28.7 Å². The molecule has 0 bridgehead atoms. The molecule has 7 heteroatoms. The molecule has 0 radical (unpaired) electrons. The van der Waals surface area contributed by atoms with Crippen molar-refractivity contribution in [2.24, 2.45) is 0 Å². The third kappa shape index (κ3) is 3.88. The average Bonchev–Trinajstić information content (AvgIpc) is 3.11. The lowest BCUT2D eigenvalue weighted by Crippen LogP contribution is -2.28. The van der Waals surface area contributed by atoms with Gasteiger partial charge in [-0.2, -0.15) is 0 Å². The van der Waals surface area contributed by atoms with Crippen LogP contribution in [0.15, 0.2) is 36.4 Å². The van der Waals surface area contributed by atoms with Crippen LogP contribution in [-0.4, -0.2) is 33.5 Å². The summed E-state index contributed by atoms with van der Waals surface area (Å²) >= 11 is 0. The second kappa shape index (κ2) is 7.65. The number of para-hydroxylation sites is 1. The van der Waals surface area contributed by atoms with Gasteiger partial charge in [0, 0.05) is 6.54 Å². The summed E-state index contributed by atoms with van der Waals surface area (Å²) in [6.45, 7) is 0.462. The highest BCUT2D eigenvalue weighted by Gasteiger charge is 2.14. The molecule has 3 rings (SSSR count). The molecule has 1 amide bonds. The average molecular weight is 345 g/mol. The van der Waals surface area contributed by atoms with Crippen LogP contribution in [0.25, 0.3) is 0 Å². The molecule has 7 nitrogen and oxygen atoms in total. The number of methoxy groups -OCH3 is 2. The van der Waals surface area contributed by atoms with Crippen molar-refractivity contribution < 1.29 is 28.5 Å². The van der Waals surface area contributed by atoms with E-state index >= 15 is 0 Å². The summed E-state index contributed by atoms with van der Waals surface area (Å²) in [5, 5.41) is 2.79. The number of carbonyl (C=O) groups is 1. The number of hydrogen-bond donors (Lipinski definition) is 1. The van der Waals surface area contributed by atoms with Crippen molar-refractivity contribution in [1.82, 2.24) is 5.32 Å². The summed E-state index contributed by atoms with van der Waals surface area (Å²) < 4.78 is 26.6. The van der Waals surface area contributed by atoms with E-state index in [-0.39, 0.29) is 19.3 Å². The fraction of sp³-hybridized carbons (Fsp3) is 0.278. The normalized spacial score (nSPS) is 11.8. The summed E-state index contributed by atoms with van der Waals surface area (Å²) in [5.74, 6) is 2.59. The molecule has 0 aromatic heterocycles. The maximum Gasteiger partial charge on any atom is 0.258 e. The van der Waals surface area contributed by atoms with Crippen LogP contribution in [0.3, 0.4) is 0 Å². The van der Waals surface area contributed by atoms with Crippen molar-refractivity contribution in [3.8, 4) is 28.7 Å². The molecular weight excluding hydrogens is 326 g/mol. The molecule has 0 atom stereocenters. The number of nitrogens with one attached hydrogen (secondary N) is 1. The standard InChI is InChI=1S/C18H19NO6/c1-21-14-4-3-5-15(18(14)22-2)23-10-17(20)19-9-12-6-7-13-16(8-12)25-11-24-13/h3-8H,9-11H2,1-2H3,(H,19,20). The van der Waals surface area contributed by atoms with E-state index in [1.807, 2.05) is 18.2 Å². The first-order valence-electron chi connectivity index (χ1n) is 7.70. The van der Waals surface area contributed by atoms with Gasteiger partial charge in [0.25, 0.3) is 5.91 Å². The Morgan fingerprint density at radius 3 is 2.68 bits per heavy atom. The zero-order chi connectivity index (χ0) is 17.6. The largest absolute Gasteiger partial charge is 0.493 e. The van der Waals surface area contributed by atoms with Gasteiger partial charge in [0.15, 0.2) is 29.6 Å². The van der Waals surface area contributed by atoms with Crippen molar-refractivity contribution >= 4 is 5.91 Å². The van der Waals surface area contributed by atoms with Crippen LogP contribution in [0.4, 0.5) is 0 Å². The SMILES string of the molecule is COc1cccc(OCC(=O)NCc2ccc3c(c2)OCO3)c1OC. The molecular formula is C18H19NO6. The first-order valence-corrected chi connectivity index (χ1v) is 7.70. The number of rotatable bonds is 7. The highest BCUT2D eigenvalue weighted by atomic mass is 16.7. The zero-order valence-corrected chi connectivity index (χ0v) is 14.0. The highest BCUT2D eigenvalue weighted by molar-refractivity contribution is 5.77. The number of hydrogen-bond acceptors (Lipinski definition) is 6. The van der Waals surface area contributed by atoms with Gasteiger partial charge >= 0.3 is 0 Å². The van der Waals surface area contributed by atoms with E-state index in [2.05, 4.69) is 5.32 Å². The maximum absolute atomic E-state index is 12.0. The molecule has 0 saturated heterocycles. The molecule has 1 N–H and O–H groups in total. The second-order valence-electron chi connectivity index (χ2n) is 5.24. The molecule has 1 heterocycles. The summed E-state index contributed by atoms with van der Waals surface area (Å²) in [4.78, 5) is 12.0. The van der Waals surface area contributed by atoms with Gasteiger partial charge in [-0.1, -0.05) is 12.1 Å². The molecule has 2 aromatic carbocycles. The third-order valence-electron chi connectivity index (χ3n) is 3.65. The number of amides is 1. The van der Waals surface area contributed by atoms with Gasteiger partial charge in [-0.3, -0.25) is 4.79 Å².